The first kappa shape index (κ1) is 38.5. The number of nitrogens with one attached hydrogen (secondary N) is 5. The second-order valence-corrected chi connectivity index (χ2v) is 13.3. The van der Waals surface area contributed by atoms with Crippen LogP contribution in [0, 0.1) is 11.8 Å². The van der Waals surface area contributed by atoms with Crippen molar-refractivity contribution in [3.05, 3.63) is 47.5 Å². The van der Waals surface area contributed by atoms with Crippen LogP contribution in [0.5, 0.6) is 0 Å². The van der Waals surface area contributed by atoms with Crippen LogP contribution < -0.4 is 32.3 Å². The molecule has 1 aromatic carbocycles. The quantitative estimate of drug-likeness (QED) is 0.207. The van der Waals surface area contributed by atoms with E-state index < -0.39 is 41.6 Å². The SMILES string of the molecule is NCCOCCNC(=O)[C@@H]1CCNC(=O)/C=C/C(=O)N2CCC[C@H](C2)C(=O)N[C@@H](CC2CCCCC2)C(=O)NCc2ccccc2CC(=O)N1. The maximum absolute atomic E-state index is 13.7. The molecule has 0 radical (unpaired) electrons. The Labute approximate surface area is 294 Å². The summed E-state index contributed by atoms with van der Waals surface area (Å²) in [4.78, 5) is 80.7. The lowest BCUT2D eigenvalue weighted by Crippen LogP contribution is -2.52. The average Bonchev–Trinajstić information content (AvgIpc) is 3.12. The van der Waals surface area contributed by atoms with Crippen LogP contribution in [0.3, 0.4) is 0 Å². The third-order valence-corrected chi connectivity index (χ3v) is 9.52. The summed E-state index contributed by atoms with van der Waals surface area (Å²) in [5.74, 6) is -2.49. The van der Waals surface area contributed by atoms with Gasteiger partial charge in [0, 0.05) is 51.4 Å². The predicted octanol–water partition coefficient (Wildman–Crippen LogP) is 0.192. The molecule has 4 rings (SSSR count). The largest absolute Gasteiger partial charge is 0.378 e. The Kier molecular flexibility index (Phi) is 15.7. The molecule has 2 fully saturated rings. The highest BCUT2D eigenvalue weighted by Crippen LogP contribution is 2.28. The van der Waals surface area contributed by atoms with Crippen LogP contribution in [0.25, 0.3) is 0 Å². The Morgan fingerprint density at radius 2 is 1.66 bits per heavy atom. The lowest BCUT2D eigenvalue weighted by Gasteiger charge is -2.33. The zero-order valence-corrected chi connectivity index (χ0v) is 28.9. The van der Waals surface area contributed by atoms with E-state index in [1.807, 2.05) is 12.1 Å². The van der Waals surface area contributed by atoms with E-state index in [1.54, 1.807) is 17.0 Å². The lowest BCUT2D eigenvalue weighted by atomic mass is 9.84. The normalized spacial score (nSPS) is 24.3. The third kappa shape index (κ3) is 12.5. The van der Waals surface area contributed by atoms with Crippen molar-refractivity contribution in [2.24, 2.45) is 17.6 Å². The van der Waals surface area contributed by atoms with Crippen LogP contribution in [0.4, 0.5) is 0 Å². The number of hydrogen-bond donors (Lipinski definition) is 6. The van der Waals surface area contributed by atoms with Crippen molar-refractivity contribution >= 4 is 35.4 Å². The van der Waals surface area contributed by atoms with E-state index in [4.69, 9.17) is 10.5 Å². The van der Waals surface area contributed by atoms with Gasteiger partial charge in [0.1, 0.15) is 12.1 Å². The molecule has 0 unspecified atom stereocenters. The summed E-state index contributed by atoms with van der Waals surface area (Å²) in [5.41, 5.74) is 6.86. The number of hydrogen-bond acceptors (Lipinski definition) is 8. The van der Waals surface area contributed by atoms with Gasteiger partial charge >= 0.3 is 0 Å². The number of nitrogens with two attached hydrogens (primary N) is 1. The molecule has 0 aromatic heterocycles. The molecule has 3 aliphatic rings. The molecule has 6 amide bonds. The van der Waals surface area contributed by atoms with Gasteiger partial charge < -0.3 is 42.0 Å². The number of ether oxygens (including phenoxy) is 1. The molecule has 50 heavy (non-hydrogen) atoms. The number of nitrogens with zero attached hydrogens (tertiary/aromatic N) is 1. The van der Waals surface area contributed by atoms with E-state index >= 15 is 0 Å². The second-order valence-electron chi connectivity index (χ2n) is 13.3. The van der Waals surface area contributed by atoms with Gasteiger partial charge in [-0.1, -0.05) is 56.4 Å². The Bertz CT molecular complexity index is 1360. The van der Waals surface area contributed by atoms with Crippen molar-refractivity contribution in [2.75, 3.05) is 45.9 Å². The van der Waals surface area contributed by atoms with Gasteiger partial charge in [0.15, 0.2) is 0 Å². The molecule has 3 atom stereocenters. The molecule has 2 bridgehead atoms. The number of fused-ring (bicyclic) bond motifs is 3. The van der Waals surface area contributed by atoms with Crippen LogP contribution in [-0.2, 0) is 46.5 Å². The monoisotopic (exact) mass is 695 g/mol. The van der Waals surface area contributed by atoms with Crippen molar-refractivity contribution in [3.8, 4) is 0 Å². The van der Waals surface area contributed by atoms with E-state index in [0.717, 1.165) is 37.3 Å². The minimum atomic E-state index is -0.956. The maximum atomic E-state index is 13.7. The number of amides is 6. The van der Waals surface area contributed by atoms with Gasteiger partial charge in [0.25, 0.3) is 0 Å². The summed E-state index contributed by atoms with van der Waals surface area (Å²) >= 11 is 0. The molecule has 7 N–H and O–H groups in total. The summed E-state index contributed by atoms with van der Waals surface area (Å²) in [6, 6.07) is 5.56. The zero-order valence-electron chi connectivity index (χ0n) is 28.9. The van der Waals surface area contributed by atoms with E-state index in [2.05, 4.69) is 26.6 Å². The van der Waals surface area contributed by atoms with Gasteiger partial charge in [-0.3, -0.25) is 28.8 Å². The summed E-state index contributed by atoms with van der Waals surface area (Å²) in [5, 5.41) is 14.2. The van der Waals surface area contributed by atoms with Gasteiger partial charge in [-0.25, -0.2) is 0 Å². The minimum absolute atomic E-state index is 0.0485. The topological polar surface area (TPSA) is 201 Å². The van der Waals surface area contributed by atoms with E-state index in [0.29, 0.717) is 50.4 Å². The first-order valence-corrected chi connectivity index (χ1v) is 18.0. The fraction of sp³-hybridized carbons (Fsp3) is 0.611. The third-order valence-electron chi connectivity index (χ3n) is 9.52. The highest BCUT2D eigenvalue weighted by atomic mass is 16.5. The minimum Gasteiger partial charge on any atom is -0.378 e. The first-order chi connectivity index (χ1) is 24.2. The molecule has 14 nitrogen and oxygen atoms in total. The summed E-state index contributed by atoms with van der Waals surface area (Å²) in [6.07, 6.45) is 9.45. The van der Waals surface area contributed by atoms with E-state index in [-0.39, 0.29) is 57.4 Å². The van der Waals surface area contributed by atoms with Gasteiger partial charge in [-0.2, -0.15) is 0 Å². The highest BCUT2D eigenvalue weighted by molar-refractivity contribution is 5.97. The molecule has 2 aliphatic heterocycles. The van der Waals surface area contributed by atoms with Crippen LogP contribution in [0.15, 0.2) is 36.4 Å². The number of benzene rings is 1. The fourth-order valence-electron chi connectivity index (χ4n) is 6.77. The number of carbonyl (C=O) groups excluding carboxylic acids is 6. The highest BCUT2D eigenvalue weighted by Gasteiger charge is 2.32. The van der Waals surface area contributed by atoms with Crippen molar-refractivity contribution < 1.29 is 33.5 Å². The summed E-state index contributed by atoms with van der Waals surface area (Å²) in [6.45, 7) is 2.01. The molecule has 0 spiro atoms. The fourth-order valence-corrected chi connectivity index (χ4v) is 6.77. The Morgan fingerprint density at radius 3 is 2.44 bits per heavy atom. The number of rotatable bonds is 8. The molecule has 1 aliphatic carbocycles. The van der Waals surface area contributed by atoms with Crippen LogP contribution in [-0.4, -0.2) is 98.4 Å². The molecule has 14 heteroatoms. The molecule has 1 saturated carbocycles. The van der Waals surface area contributed by atoms with Crippen molar-refractivity contribution in [2.45, 2.75) is 82.8 Å². The van der Waals surface area contributed by atoms with Crippen molar-refractivity contribution in [3.63, 3.8) is 0 Å². The maximum Gasteiger partial charge on any atom is 0.246 e. The molecule has 1 saturated heterocycles. The van der Waals surface area contributed by atoms with E-state index in [9.17, 15) is 28.8 Å². The number of carbonyl (C=O) groups is 6. The van der Waals surface area contributed by atoms with Crippen molar-refractivity contribution in [1.29, 1.82) is 0 Å². The van der Waals surface area contributed by atoms with Gasteiger partial charge in [0.2, 0.25) is 35.4 Å². The van der Waals surface area contributed by atoms with Crippen LogP contribution in [0.1, 0.15) is 68.9 Å². The van der Waals surface area contributed by atoms with Crippen LogP contribution in [0.2, 0.25) is 0 Å². The average molecular weight is 696 g/mol. The molecule has 2 heterocycles. The molecular weight excluding hydrogens is 642 g/mol. The second kappa shape index (κ2) is 20.4. The Balaban J connectivity index is 1.53. The number of piperidine rings is 1. The lowest BCUT2D eigenvalue weighted by molar-refractivity contribution is -0.135. The zero-order chi connectivity index (χ0) is 35.7. The van der Waals surface area contributed by atoms with Gasteiger partial charge in [-0.05, 0) is 42.7 Å². The smallest absolute Gasteiger partial charge is 0.246 e. The standard InChI is InChI=1S/C36H53N7O7/c37-15-19-50-20-17-39-35(48)29-14-16-38-31(44)12-13-33(46)43-18-6-11-28(24-43)34(47)42-30(21-25-7-2-1-3-8-25)36(49)40-23-27-10-5-4-9-26(27)22-32(45)41-29/h4-5,9-10,12-13,25,28-30H,1-3,6-8,11,14-24,37H2,(H,38,44)(H,39,48)(H,40,49)(H,41,45)(H,42,47)/b13-12+/t28-,29+,30+/m1/s1. The van der Waals surface area contributed by atoms with Gasteiger partial charge in [-0.15, -0.1) is 0 Å². The summed E-state index contributed by atoms with van der Waals surface area (Å²) < 4.78 is 5.32. The Morgan fingerprint density at radius 1 is 0.880 bits per heavy atom. The molecule has 274 valence electrons. The van der Waals surface area contributed by atoms with E-state index in [1.165, 1.54) is 12.5 Å². The van der Waals surface area contributed by atoms with Crippen LogP contribution >= 0.6 is 0 Å². The summed E-state index contributed by atoms with van der Waals surface area (Å²) in [7, 11) is 0. The predicted molar refractivity (Wildman–Crippen MR) is 186 cm³/mol. The molecule has 1 aromatic rings. The van der Waals surface area contributed by atoms with Crippen molar-refractivity contribution in [1.82, 2.24) is 31.5 Å². The molecular formula is C36H53N7O7. The van der Waals surface area contributed by atoms with Gasteiger partial charge in [0.05, 0.1) is 25.6 Å². The Hall–Kier alpha value is -4.30. The first-order valence-electron chi connectivity index (χ1n) is 18.0.